The van der Waals surface area contributed by atoms with E-state index in [0.29, 0.717) is 12.8 Å². The number of nitrogens with one attached hydrogen (secondary N) is 1. The third-order valence-electron chi connectivity index (χ3n) is 15.1. The van der Waals surface area contributed by atoms with Crippen molar-refractivity contribution in [3.63, 3.8) is 0 Å². The Morgan fingerprint density at radius 3 is 1.37 bits per heavy atom. The molecule has 2 rings (SSSR count). The summed E-state index contributed by atoms with van der Waals surface area (Å²) < 4.78 is 22.7. The molecule has 2 aliphatic heterocycles. The van der Waals surface area contributed by atoms with E-state index in [1.54, 1.807) is 6.08 Å². The van der Waals surface area contributed by atoms with Gasteiger partial charge in [-0.15, -0.1) is 0 Å². The first-order valence-corrected chi connectivity index (χ1v) is 31.5. The van der Waals surface area contributed by atoms with Gasteiger partial charge in [-0.05, 0) is 70.6 Å². The topological polar surface area (TPSA) is 228 Å². The van der Waals surface area contributed by atoms with Gasteiger partial charge in [0, 0.05) is 6.42 Å². The van der Waals surface area contributed by atoms with Crippen LogP contribution in [0.3, 0.4) is 0 Å². The predicted molar refractivity (Wildman–Crippen MR) is 314 cm³/mol. The minimum atomic E-state index is -1.79. The molecule has 2 saturated heterocycles. The van der Waals surface area contributed by atoms with Crippen LogP contribution in [-0.2, 0) is 23.7 Å². The molecule has 0 saturated carbocycles. The molecular formula is C64H115NO13. The van der Waals surface area contributed by atoms with Gasteiger partial charge in [0.05, 0.1) is 32.0 Å². The molecule has 1 amide bonds. The van der Waals surface area contributed by atoms with Gasteiger partial charge >= 0.3 is 0 Å². The SMILES string of the molecule is CCC/C=C/CC/C=C/CC/C=C/C(O)C(COC1OC(CO)C(OC2OC(CO)C(O)C(O)C2O)C(O)C1O)NC(=O)CCCCCCCCCCCCCCCCCCCCCCC/C=C\C/C=C\CCCCCCC. The summed E-state index contributed by atoms with van der Waals surface area (Å²) >= 11 is 0. The first kappa shape index (κ1) is 71.8. The van der Waals surface area contributed by atoms with Gasteiger partial charge in [0.15, 0.2) is 12.6 Å². The maximum Gasteiger partial charge on any atom is 0.220 e. The van der Waals surface area contributed by atoms with Crippen LogP contribution < -0.4 is 5.32 Å². The molecule has 0 radical (unpaired) electrons. The van der Waals surface area contributed by atoms with Gasteiger partial charge in [-0.3, -0.25) is 4.79 Å². The average molecular weight is 1110 g/mol. The number of hydrogen-bond donors (Lipinski definition) is 9. The highest BCUT2D eigenvalue weighted by Gasteiger charge is 2.51. The van der Waals surface area contributed by atoms with Crippen molar-refractivity contribution in [3.05, 3.63) is 60.8 Å². The second kappa shape index (κ2) is 49.3. The lowest BCUT2D eigenvalue weighted by Crippen LogP contribution is -2.65. The summed E-state index contributed by atoms with van der Waals surface area (Å²) in [7, 11) is 0. The van der Waals surface area contributed by atoms with Gasteiger partial charge in [0.2, 0.25) is 5.91 Å². The Labute approximate surface area is 473 Å². The van der Waals surface area contributed by atoms with E-state index in [-0.39, 0.29) is 18.9 Å². The van der Waals surface area contributed by atoms with E-state index in [2.05, 4.69) is 67.8 Å². The number of aliphatic hydroxyl groups excluding tert-OH is 8. The maximum absolute atomic E-state index is 13.2. The Kier molecular flexibility index (Phi) is 45.4. The standard InChI is InChI=1S/C64H115NO13/c1-3-5-7-9-11-13-15-16-17-18-19-20-21-22-23-24-25-26-27-28-29-30-31-32-33-34-35-36-38-40-42-44-46-48-56(69)65-52(53(68)47-45-43-41-39-37-14-12-10-8-6-4-2)51-75-63-61(74)59(72)62(55(50-67)77-63)78-64-60(73)58(71)57(70)54(49-66)76-64/h8,10,15-16,18-19,37,39,45,47,52-55,57-64,66-68,70-74H,3-7,9,11-14,17,20-36,38,40-44,46,48-51H2,1-2H3,(H,65,69)/b10-8+,16-15-,19-18-,39-37+,47-45+. The number of aliphatic hydroxyl groups is 8. The van der Waals surface area contributed by atoms with Crippen LogP contribution in [0.5, 0.6) is 0 Å². The minimum absolute atomic E-state index is 0.254. The average Bonchev–Trinajstić information content (AvgIpc) is 3.45. The van der Waals surface area contributed by atoms with Crippen LogP contribution in [0.25, 0.3) is 0 Å². The Bertz CT molecular complexity index is 1540. The molecule has 0 aromatic carbocycles. The summed E-state index contributed by atoms with van der Waals surface area (Å²) in [6, 6.07) is -0.937. The van der Waals surface area contributed by atoms with Crippen molar-refractivity contribution in [2.75, 3.05) is 19.8 Å². The second-order valence-electron chi connectivity index (χ2n) is 22.2. The number of ether oxygens (including phenoxy) is 4. The summed E-state index contributed by atoms with van der Waals surface area (Å²) in [4.78, 5) is 13.2. The van der Waals surface area contributed by atoms with Crippen LogP contribution in [0, 0.1) is 0 Å². The fourth-order valence-corrected chi connectivity index (χ4v) is 10.1. The molecule has 78 heavy (non-hydrogen) atoms. The molecule has 9 N–H and O–H groups in total. The van der Waals surface area contributed by atoms with E-state index in [9.17, 15) is 45.6 Å². The van der Waals surface area contributed by atoms with E-state index >= 15 is 0 Å². The zero-order valence-electron chi connectivity index (χ0n) is 48.9. The molecule has 0 aliphatic carbocycles. The van der Waals surface area contributed by atoms with Gasteiger partial charge in [-0.1, -0.05) is 229 Å². The predicted octanol–water partition coefficient (Wildman–Crippen LogP) is 11.3. The van der Waals surface area contributed by atoms with Crippen molar-refractivity contribution in [1.29, 1.82) is 0 Å². The normalized spacial score (nSPS) is 24.9. The molecule has 12 atom stereocenters. The summed E-state index contributed by atoms with van der Waals surface area (Å²) in [5.74, 6) is -0.254. The van der Waals surface area contributed by atoms with Crippen molar-refractivity contribution in [2.45, 2.75) is 319 Å². The third kappa shape index (κ3) is 34.2. The zero-order chi connectivity index (χ0) is 56.7. The number of carbonyl (C=O) groups is 1. The number of unbranched alkanes of at least 4 members (excludes halogenated alkanes) is 29. The van der Waals surface area contributed by atoms with Gasteiger partial charge in [-0.2, -0.15) is 0 Å². The van der Waals surface area contributed by atoms with E-state index < -0.39 is 86.8 Å². The Balaban J connectivity index is 1.61. The highest BCUT2D eigenvalue weighted by Crippen LogP contribution is 2.30. The van der Waals surface area contributed by atoms with Gasteiger partial charge < -0.3 is 65.1 Å². The number of allylic oxidation sites excluding steroid dienone is 9. The highest BCUT2D eigenvalue weighted by molar-refractivity contribution is 5.76. The van der Waals surface area contributed by atoms with Crippen LogP contribution in [0.2, 0.25) is 0 Å². The smallest absolute Gasteiger partial charge is 0.220 e. The molecule has 2 heterocycles. The second-order valence-corrected chi connectivity index (χ2v) is 22.2. The van der Waals surface area contributed by atoms with E-state index in [1.165, 1.54) is 154 Å². The molecule has 454 valence electrons. The number of carbonyl (C=O) groups excluding carboxylic acids is 1. The van der Waals surface area contributed by atoms with E-state index in [1.807, 2.05) is 6.08 Å². The molecule has 0 aromatic heterocycles. The molecule has 2 fully saturated rings. The Hall–Kier alpha value is -2.31. The van der Waals surface area contributed by atoms with Gasteiger partial charge in [0.25, 0.3) is 0 Å². The number of hydrogen-bond acceptors (Lipinski definition) is 13. The third-order valence-corrected chi connectivity index (χ3v) is 15.1. The van der Waals surface area contributed by atoms with Gasteiger partial charge in [0.1, 0.15) is 48.8 Å². The minimum Gasteiger partial charge on any atom is -0.394 e. The summed E-state index contributed by atoms with van der Waals surface area (Å²) in [6.07, 6.45) is 47.3. The van der Waals surface area contributed by atoms with Crippen molar-refractivity contribution >= 4 is 5.91 Å². The number of rotatable bonds is 50. The van der Waals surface area contributed by atoms with Gasteiger partial charge in [-0.25, -0.2) is 0 Å². The van der Waals surface area contributed by atoms with E-state index in [0.717, 1.165) is 57.8 Å². The largest absolute Gasteiger partial charge is 0.394 e. The van der Waals surface area contributed by atoms with Crippen LogP contribution in [0.15, 0.2) is 60.8 Å². The van der Waals surface area contributed by atoms with Crippen molar-refractivity contribution in [2.24, 2.45) is 0 Å². The zero-order valence-corrected chi connectivity index (χ0v) is 48.9. The molecule has 14 nitrogen and oxygen atoms in total. The van der Waals surface area contributed by atoms with Crippen LogP contribution in [0.1, 0.15) is 245 Å². The lowest BCUT2D eigenvalue weighted by Gasteiger charge is -2.46. The van der Waals surface area contributed by atoms with Crippen LogP contribution in [0.4, 0.5) is 0 Å². The van der Waals surface area contributed by atoms with Crippen molar-refractivity contribution in [1.82, 2.24) is 5.32 Å². The van der Waals surface area contributed by atoms with Crippen molar-refractivity contribution < 1.29 is 64.6 Å². The molecule has 0 aromatic rings. The fraction of sp³-hybridized carbons (Fsp3) is 0.828. The molecule has 14 heteroatoms. The first-order valence-electron chi connectivity index (χ1n) is 31.5. The van der Waals surface area contributed by atoms with Crippen LogP contribution in [-0.4, -0.2) is 140 Å². The lowest BCUT2D eigenvalue weighted by molar-refractivity contribution is -0.359. The monoisotopic (exact) mass is 1110 g/mol. The molecule has 2 aliphatic rings. The maximum atomic E-state index is 13.2. The Morgan fingerprint density at radius 1 is 0.462 bits per heavy atom. The quantitative estimate of drug-likeness (QED) is 0.0204. The molecule has 0 spiro atoms. The Morgan fingerprint density at radius 2 is 0.885 bits per heavy atom. The van der Waals surface area contributed by atoms with E-state index in [4.69, 9.17) is 18.9 Å². The first-order chi connectivity index (χ1) is 38.1. The highest BCUT2D eigenvalue weighted by atomic mass is 16.7. The molecule has 0 bridgehead atoms. The lowest BCUT2D eigenvalue weighted by atomic mass is 9.97. The van der Waals surface area contributed by atoms with Crippen molar-refractivity contribution in [3.8, 4) is 0 Å². The summed E-state index contributed by atoms with van der Waals surface area (Å²) in [5, 5.41) is 86.9. The molecule has 12 unspecified atom stereocenters. The molecular weight excluding hydrogens is 991 g/mol. The summed E-state index contributed by atoms with van der Waals surface area (Å²) in [6.45, 7) is 2.68. The summed E-state index contributed by atoms with van der Waals surface area (Å²) in [5.41, 5.74) is 0. The fourth-order valence-electron chi connectivity index (χ4n) is 10.1. The number of amides is 1. The van der Waals surface area contributed by atoms with Crippen LogP contribution >= 0.6 is 0 Å².